The summed E-state index contributed by atoms with van der Waals surface area (Å²) in [5.41, 5.74) is 6.73. The number of ether oxygens (including phenoxy) is 3. The fraction of sp³-hybridized carbons (Fsp3) is 0.611. The molecular formula is C18H29N3O4. The van der Waals surface area contributed by atoms with E-state index in [1.807, 2.05) is 24.3 Å². The van der Waals surface area contributed by atoms with Crippen LogP contribution < -0.4 is 15.8 Å². The average molecular weight is 351 g/mol. The number of hydrogen-bond acceptors (Lipinski definition) is 6. The normalized spacial score (nSPS) is 17.7. The predicted octanol–water partition coefficient (Wildman–Crippen LogP) is 0.549. The third kappa shape index (κ3) is 5.97. The van der Waals surface area contributed by atoms with E-state index in [-0.39, 0.29) is 24.5 Å². The van der Waals surface area contributed by atoms with Gasteiger partial charge in [-0.3, -0.25) is 9.69 Å². The molecule has 1 heterocycles. The predicted molar refractivity (Wildman–Crippen MR) is 95.6 cm³/mol. The first-order chi connectivity index (χ1) is 12.2. The molecule has 1 saturated heterocycles. The highest BCUT2D eigenvalue weighted by molar-refractivity contribution is 5.76. The van der Waals surface area contributed by atoms with E-state index < -0.39 is 0 Å². The maximum atomic E-state index is 12.2. The van der Waals surface area contributed by atoms with Crippen LogP contribution in [0.2, 0.25) is 0 Å². The van der Waals surface area contributed by atoms with Crippen molar-refractivity contribution < 1.29 is 19.0 Å². The monoisotopic (exact) mass is 351 g/mol. The molecule has 1 aliphatic heterocycles. The lowest BCUT2D eigenvalue weighted by Gasteiger charge is -2.35. The zero-order valence-electron chi connectivity index (χ0n) is 15.1. The number of methoxy groups -OCH3 is 2. The molecular weight excluding hydrogens is 322 g/mol. The lowest BCUT2D eigenvalue weighted by molar-refractivity contribution is -0.123. The molecule has 0 saturated carbocycles. The van der Waals surface area contributed by atoms with E-state index in [0.29, 0.717) is 26.3 Å². The van der Waals surface area contributed by atoms with Crippen LogP contribution in [0.3, 0.4) is 0 Å². The summed E-state index contributed by atoms with van der Waals surface area (Å²) in [6.07, 6.45) is 0.0219. The van der Waals surface area contributed by atoms with Crippen molar-refractivity contribution in [3.63, 3.8) is 0 Å². The van der Waals surface area contributed by atoms with Gasteiger partial charge in [-0.2, -0.15) is 0 Å². The summed E-state index contributed by atoms with van der Waals surface area (Å²) in [4.78, 5) is 14.5. The van der Waals surface area contributed by atoms with Gasteiger partial charge in [-0.15, -0.1) is 0 Å². The SMILES string of the molecule is COc1ccc(C(CNC(=O)CC(CN)OC)N2CCOCC2)cc1. The minimum absolute atomic E-state index is 0.0518. The van der Waals surface area contributed by atoms with Gasteiger partial charge in [0.1, 0.15) is 5.75 Å². The van der Waals surface area contributed by atoms with E-state index in [1.165, 1.54) is 0 Å². The quantitative estimate of drug-likeness (QED) is 0.676. The molecule has 0 bridgehead atoms. The van der Waals surface area contributed by atoms with Gasteiger partial charge in [0.05, 0.1) is 38.9 Å². The smallest absolute Gasteiger partial charge is 0.222 e. The van der Waals surface area contributed by atoms with Crippen molar-refractivity contribution in [1.82, 2.24) is 10.2 Å². The van der Waals surface area contributed by atoms with Gasteiger partial charge in [0, 0.05) is 33.3 Å². The van der Waals surface area contributed by atoms with Crippen molar-refractivity contribution in [1.29, 1.82) is 0 Å². The molecule has 0 aromatic heterocycles. The van der Waals surface area contributed by atoms with Gasteiger partial charge in [-0.1, -0.05) is 12.1 Å². The lowest BCUT2D eigenvalue weighted by Crippen LogP contribution is -2.44. The van der Waals surface area contributed by atoms with Gasteiger partial charge >= 0.3 is 0 Å². The van der Waals surface area contributed by atoms with Crippen LogP contribution in [-0.2, 0) is 14.3 Å². The molecule has 3 N–H and O–H groups in total. The number of nitrogens with one attached hydrogen (secondary N) is 1. The summed E-state index contributed by atoms with van der Waals surface area (Å²) in [5.74, 6) is 0.767. The highest BCUT2D eigenvalue weighted by Crippen LogP contribution is 2.23. The van der Waals surface area contributed by atoms with Crippen LogP contribution in [0.5, 0.6) is 5.75 Å². The number of morpholine rings is 1. The third-order valence-electron chi connectivity index (χ3n) is 4.49. The van der Waals surface area contributed by atoms with E-state index in [2.05, 4.69) is 10.2 Å². The molecule has 2 atom stereocenters. The van der Waals surface area contributed by atoms with Crippen molar-refractivity contribution in [2.45, 2.75) is 18.6 Å². The zero-order chi connectivity index (χ0) is 18.1. The Morgan fingerprint density at radius 1 is 1.28 bits per heavy atom. The Kier molecular flexibility index (Phi) is 8.14. The Labute approximate surface area is 149 Å². The first-order valence-electron chi connectivity index (χ1n) is 8.63. The summed E-state index contributed by atoms with van der Waals surface area (Å²) in [7, 11) is 3.22. The number of amides is 1. The molecule has 2 unspecified atom stereocenters. The number of benzene rings is 1. The average Bonchev–Trinajstić information content (AvgIpc) is 2.67. The van der Waals surface area contributed by atoms with Gasteiger partial charge in [0.2, 0.25) is 5.91 Å². The fourth-order valence-corrected chi connectivity index (χ4v) is 2.93. The van der Waals surface area contributed by atoms with Crippen molar-refractivity contribution in [2.75, 3.05) is 53.6 Å². The summed E-state index contributed by atoms with van der Waals surface area (Å²) in [6.45, 7) is 3.96. The molecule has 2 rings (SSSR count). The number of nitrogens with two attached hydrogens (primary N) is 1. The second-order valence-electron chi connectivity index (χ2n) is 6.04. The zero-order valence-corrected chi connectivity index (χ0v) is 15.1. The van der Waals surface area contributed by atoms with Gasteiger partial charge in [0.15, 0.2) is 0 Å². The largest absolute Gasteiger partial charge is 0.497 e. The van der Waals surface area contributed by atoms with Crippen molar-refractivity contribution in [3.05, 3.63) is 29.8 Å². The van der Waals surface area contributed by atoms with Crippen molar-refractivity contribution in [3.8, 4) is 5.75 Å². The highest BCUT2D eigenvalue weighted by Gasteiger charge is 2.23. The molecule has 0 aliphatic carbocycles. The molecule has 1 fully saturated rings. The minimum atomic E-state index is -0.247. The molecule has 140 valence electrons. The Bertz CT molecular complexity index is 514. The summed E-state index contributed by atoms with van der Waals surface area (Å²) < 4.78 is 15.9. The number of hydrogen-bond donors (Lipinski definition) is 2. The topological polar surface area (TPSA) is 86.0 Å². The first kappa shape index (κ1) is 19.7. The molecule has 25 heavy (non-hydrogen) atoms. The number of carbonyl (C=O) groups is 1. The van der Waals surface area contributed by atoms with Gasteiger partial charge in [-0.05, 0) is 17.7 Å². The van der Waals surface area contributed by atoms with Crippen LogP contribution in [0.25, 0.3) is 0 Å². The number of nitrogens with zero attached hydrogens (tertiary/aromatic N) is 1. The number of carbonyl (C=O) groups excluding carboxylic acids is 1. The fourth-order valence-electron chi connectivity index (χ4n) is 2.93. The summed E-state index contributed by atoms with van der Waals surface area (Å²) in [5, 5.41) is 3.02. The van der Waals surface area contributed by atoms with E-state index >= 15 is 0 Å². The molecule has 0 radical (unpaired) electrons. The van der Waals surface area contributed by atoms with Crippen molar-refractivity contribution in [2.24, 2.45) is 5.73 Å². The number of rotatable bonds is 9. The molecule has 0 spiro atoms. The maximum absolute atomic E-state index is 12.2. The molecule has 1 amide bonds. The van der Waals surface area contributed by atoms with Crippen LogP contribution in [0.4, 0.5) is 0 Å². The van der Waals surface area contributed by atoms with Gasteiger partial charge < -0.3 is 25.3 Å². The van der Waals surface area contributed by atoms with Crippen LogP contribution >= 0.6 is 0 Å². The van der Waals surface area contributed by atoms with Crippen LogP contribution in [-0.4, -0.2) is 70.5 Å². The van der Waals surface area contributed by atoms with E-state index in [0.717, 1.165) is 24.4 Å². The van der Waals surface area contributed by atoms with E-state index in [9.17, 15) is 4.79 Å². The Hall–Kier alpha value is -1.67. The first-order valence-corrected chi connectivity index (χ1v) is 8.63. The molecule has 7 heteroatoms. The van der Waals surface area contributed by atoms with Crippen LogP contribution in [0, 0.1) is 0 Å². The minimum Gasteiger partial charge on any atom is -0.497 e. The standard InChI is InChI=1S/C18H29N3O4/c1-23-15-5-3-14(4-6-15)17(21-7-9-25-10-8-21)13-20-18(22)11-16(12-19)24-2/h3-6,16-17H,7-13,19H2,1-2H3,(H,20,22). The third-order valence-corrected chi connectivity index (χ3v) is 4.49. The molecule has 7 nitrogen and oxygen atoms in total. The second kappa shape index (κ2) is 10.4. The van der Waals surface area contributed by atoms with Crippen molar-refractivity contribution >= 4 is 5.91 Å². The lowest BCUT2D eigenvalue weighted by atomic mass is 10.0. The summed E-state index contributed by atoms with van der Waals surface area (Å²) >= 11 is 0. The molecule has 1 aromatic rings. The van der Waals surface area contributed by atoms with Gasteiger partial charge in [0.25, 0.3) is 0 Å². The summed E-state index contributed by atoms with van der Waals surface area (Å²) in [6, 6.07) is 8.07. The second-order valence-corrected chi connectivity index (χ2v) is 6.04. The Morgan fingerprint density at radius 3 is 2.52 bits per heavy atom. The maximum Gasteiger partial charge on any atom is 0.222 e. The van der Waals surface area contributed by atoms with Gasteiger partial charge in [-0.25, -0.2) is 0 Å². The van der Waals surface area contributed by atoms with Crippen LogP contribution in [0.1, 0.15) is 18.0 Å². The highest BCUT2D eigenvalue weighted by atomic mass is 16.5. The van der Waals surface area contributed by atoms with Crippen LogP contribution in [0.15, 0.2) is 24.3 Å². The molecule has 1 aromatic carbocycles. The molecule has 1 aliphatic rings. The Balaban J connectivity index is 2.02. The Morgan fingerprint density at radius 2 is 1.96 bits per heavy atom. The van der Waals surface area contributed by atoms with E-state index in [4.69, 9.17) is 19.9 Å². The van der Waals surface area contributed by atoms with E-state index in [1.54, 1.807) is 14.2 Å².